The molecule has 13 heteroatoms. The van der Waals surface area contributed by atoms with Gasteiger partial charge in [0.15, 0.2) is 28.3 Å². The quantitative estimate of drug-likeness (QED) is 0.404. The topological polar surface area (TPSA) is 137 Å². The van der Waals surface area contributed by atoms with Crippen LogP contribution in [0.4, 0.5) is 4.79 Å². The van der Waals surface area contributed by atoms with E-state index in [0.717, 1.165) is 28.8 Å². The maximum atomic E-state index is 13.9. The van der Waals surface area contributed by atoms with E-state index in [1.807, 2.05) is 30.3 Å². The molecule has 40 heavy (non-hydrogen) atoms. The van der Waals surface area contributed by atoms with E-state index in [1.165, 1.54) is 29.7 Å². The lowest BCUT2D eigenvalue weighted by Gasteiger charge is -2.31. The molecule has 214 valence electrons. The van der Waals surface area contributed by atoms with Crippen LogP contribution in [0.5, 0.6) is 0 Å². The monoisotopic (exact) mass is 589 g/mol. The van der Waals surface area contributed by atoms with E-state index in [2.05, 4.69) is 10.5 Å². The first-order valence-corrected chi connectivity index (χ1v) is 15.5. The Morgan fingerprint density at radius 3 is 2.65 bits per heavy atom. The van der Waals surface area contributed by atoms with Crippen LogP contribution >= 0.6 is 11.3 Å². The number of hydrogen-bond acceptors (Lipinski definition) is 10. The average molecular weight is 590 g/mol. The Balaban J connectivity index is 1.43. The number of nitrogens with zero attached hydrogens (tertiary/aromatic N) is 2. The maximum Gasteiger partial charge on any atom is 0.409 e. The molecule has 1 aromatic carbocycles. The molecular formula is C27H31N3O8S2. The number of aromatic nitrogens is 1. The van der Waals surface area contributed by atoms with E-state index < -0.39 is 32.9 Å². The highest BCUT2D eigenvalue weighted by Crippen LogP contribution is 2.45. The molecule has 2 unspecified atom stereocenters. The van der Waals surface area contributed by atoms with Gasteiger partial charge >= 0.3 is 6.09 Å². The molecule has 0 spiro atoms. The summed E-state index contributed by atoms with van der Waals surface area (Å²) in [6.07, 6.45) is 3.98. The zero-order chi connectivity index (χ0) is 28.2. The molecule has 3 aromatic rings. The zero-order valence-corrected chi connectivity index (χ0v) is 23.7. The van der Waals surface area contributed by atoms with E-state index in [-0.39, 0.29) is 31.7 Å². The molecule has 1 N–H and O–H groups in total. The number of methoxy groups -OCH3 is 1. The third kappa shape index (κ3) is 5.92. The Bertz CT molecular complexity index is 1420. The van der Waals surface area contributed by atoms with Gasteiger partial charge in [0.1, 0.15) is 4.75 Å². The summed E-state index contributed by atoms with van der Waals surface area (Å²) in [5, 5.41) is 0. The summed E-state index contributed by atoms with van der Waals surface area (Å²) in [6, 6.07) is 11.3. The van der Waals surface area contributed by atoms with Gasteiger partial charge in [-0.05, 0) is 37.0 Å². The van der Waals surface area contributed by atoms with Crippen molar-refractivity contribution in [2.75, 3.05) is 32.6 Å². The van der Waals surface area contributed by atoms with Crippen LogP contribution in [-0.4, -0.2) is 69.2 Å². The molecule has 2 atom stereocenters. The van der Waals surface area contributed by atoms with Crippen molar-refractivity contribution in [3.8, 4) is 21.8 Å². The molecule has 2 saturated heterocycles. The van der Waals surface area contributed by atoms with Gasteiger partial charge in [-0.2, -0.15) is 0 Å². The summed E-state index contributed by atoms with van der Waals surface area (Å²) in [5.41, 5.74) is 4.16. The van der Waals surface area contributed by atoms with Crippen molar-refractivity contribution in [1.29, 1.82) is 0 Å². The van der Waals surface area contributed by atoms with Gasteiger partial charge in [0, 0.05) is 41.4 Å². The van der Waals surface area contributed by atoms with E-state index in [0.29, 0.717) is 23.7 Å². The molecular weight excluding hydrogens is 558 g/mol. The standard InChI is InChI=1S/C27H31N3O8S2/c1-35-26(32)30-12-11-27(40(33,34)15-13-30,16-24(31)29-38-25-4-2-3-14-36-25)23-10-9-22(39-23)20-7-5-19(6-8-20)21-17-28-18-37-21/h5-10,17-18,25H,2-4,11-16H2,1H3,(H,29,31). The van der Waals surface area contributed by atoms with Gasteiger partial charge in [0.25, 0.3) is 0 Å². The molecule has 0 bridgehead atoms. The lowest BCUT2D eigenvalue weighted by Crippen LogP contribution is -2.43. The number of benzene rings is 1. The van der Waals surface area contributed by atoms with Gasteiger partial charge in [0.05, 0.1) is 25.5 Å². The third-order valence-electron chi connectivity index (χ3n) is 7.27. The van der Waals surface area contributed by atoms with Crippen molar-refractivity contribution in [2.24, 2.45) is 0 Å². The van der Waals surface area contributed by atoms with E-state index in [4.69, 9.17) is 18.7 Å². The lowest BCUT2D eigenvalue weighted by molar-refractivity contribution is -0.200. The first-order valence-electron chi connectivity index (χ1n) is 13.0. The summed E-state index contributed by atoms with van der Waals surface area (Å²) in [4.78, 5) is 37.6. The normalized spacial score (nSPS) is 22.8. The van der Waals surface area contributed by atoms with Crippen molar-refractivity contribution < 1.29 is 36.7 Å². The van der Waals surface area contributed by atoms with Crippen molar-refractivity contribution in [1.82, 2.24) is 15.4 Å². The SMILES string of the molecule is COC(=O)N1CCC(CC(=O)NOC2CCCCO2)(c2ccc(-c3ccc(-c4cnco4)cc3)s2)S(=O)(=O)CC1. The molecule has 4 heterocycles. The summed E-state index contributed by atoms with van der Waals surface area (Å²) in [7, 11) is -2.64. The number of sulfone groups is 1. The van der Waals surface area contributed by atoms with E-state index in [9.17, 15) is 18.0 Å². The van der Waals surface area contributed by atoms with Crippen LogP contribution in [0.15, 0.2) is 53.4 Å². The first-order chi connectivity index (χ1) is 19.3. The lowest BCUT2D eigenvalue weighted by atomic mass is 9.97. The second-order valence-corrected chi connectivity index (χ2v) is 13.2. The van der Waals surface area contributed by atoms with Crippen LogP contribution in [0.1, 0.15) is 37.0 Å². The minimum atomic E-state index is -3.90. The molecule has 2 aromatic heterocycles. The Kier molecular flexibility index (Phi) is 8.54. The molecule has 0 saturated carbocycles. The fourth-order valence-electron chi connectivity index (χ4n) is 5.01. The van der Waals surface area contributed by atoms with Crippen molar-refractivity contribution in [3.05, 3.63) is 53.9 Å². The molecule has 2 fully saturated rings. The average Bonchev–Trinajstić information content (AvgIpc) is 3.67. The number of carbonyl (C=O) groups is 2. The van der Waals surface area contributed by atoms with Crippen LogP contribution in [0.3, 0.4) is 0 Å². The number of oxazole rings is 1. The van der Waals surface area contributed by atoms with Gasteiger partial charge in [-0.3, -0.25) is 4.79 Å². The molecule has 2 aliphatic heterocycles. The highest BCUT2D eigenvalue weighted by molar-refractivity contribution is 7.92. The molecule has 11 nitrogen and oxygen atoms in total. The third-order valence-corrected chi connectivity index (χ3v) is 11.2. The summed E-state index contributed by atoms with van der Waals surface area (Å²) >= 11 is 1.31. The minimum absolute atomic E-state index is 0.0217. The fraction of sp³-hybridized carbons (Fsp3) is 0.444. The number of hydroxylamine groups is 1. The van der Waals surface area contributed by atoms with Crippen LogP contribution < -0.4 is 5.48 Å². The number of thiophene rings is 1. The van der Waals surface area contributed by atoms with Gasteiger partial charge < -0.3 is 18.8 Å². The second-order valence-electron chi connectivity index (χ2n) is 9.74. The summed E-state index contributed by atoms with van der Waals surface area (Å²) < 4.78 is 42.0. The Labute approximate surface area is 236 Å². The van der Waals surface area contributed by atoms with Crippen LogP contribution in [0.2, 0.25) is 0 Å². The maximum absolute atomic E-state index is 13.9. The molecule has 0 radical (unpaired) electrons. The second kappa shape index (κ2) is 12.1. The zero-order valence-electron chi connectivity index (χ0n) is 22.0. The number of nitrogens with one attached hydrogen (secondary N) is 1. The first kappa shape index (κ1) is 28.3. The predicted octanol–water partition coefficient (Wildman–Crippen LogP) is 4.12. The predicted molar refractivity (Wildman–Crippen MR) is 147 cm³/mol. The highest BCUT2D eigenvalue weighted by atomic mass is 32.2. The smallest absolute Gasteiger partial charge is 0.409 e. The van der Waals surface area contributed by atoms with Gasteiger partial charge in [0.2, 0.25) is 5.91 Å². The summed E-state index contributed by atoms with van der Waals surface area (Å²) in [5.74, 6) is -0.235. The van der Waals surface area contributed by atoms with Crippen molar-refractivity contribution >= 4 is 33.2 Å². The molecule has 2 aliphatic rings. The van der Waals surface area contributed by atoms with Crippen LogP contribution in [0.25, 0.3) is 21.8 Å². The van der Waals surface area contributed by atoms with Gasteiger partial charge in [-0.15, -0.1) is 11.3 Å². The van der Waals surface area contributed by atoms with Crippen molar-refractivity contribution in [3.63, 3.8) is 0 Å². The summed E-state index contributed by atoms with van der Waals surface area (Å²) in [6.45, 7) is 0.635. The van der Waals surface area contributed by atoms with Gasteiger partial charge in [-0.1, -0.05) is 24.3 Å². The number of rotatable bonds is 7. The van der Waals surface area contributed by atoms with Crippen LogP contribution in [0, 0.1) is 0 Å². The number of hydrogen-bond donors (Lipinski definition) is 1. The Morgan fingerprint density at radius 1 is 1.15 bits per heavy atom. The van der Waals surface area contributed by atoms with E-state index >= 15 is 0 Å². The number of amides is 2. The van der Waals surface area contributed by atoms with E-state index in [1.54, 1.807) is 12.3 Å². The molecule has 0 aliphatic carbocycles. The Morgan fingerprint density at radius 2 is 1.95 bits per heavy atom. The molecule has 5 rings (SSSR count). The molecule has 2 amide bonds. The van der Waals surface area contributed by atoms with Crippen LogP contribution in [-0.2, 0) is 33.7 Å². The fourth-order valence-corrected chi connectivity index (χ4v) is 8.62. The van der Waals surface area contributed by atoms with Crippen molar-refractivity contribution in [2.45, 2.75) is 43.1 Å². The minimum Gasteiger partial charge on any atom is -0.453 e. The van der Waals surface area contributed by atoms with Gasteiger partial charge in [-0.25, -0.2) is 28.5 Å². The number of carbonyl (C=O) groups excluding carboxylic acids is 2. The Hall–Kier alpha value is -3.26. The largest absolute Gasteiger partial charge is 0.453 e. The number of ether oxygens (including phenoxy) is 2. The highest BCUT2D eigenvalue weighted by Gasteiger charge is 2.50.